The number of aliphatic hydroxyl groups is 1. The van der Waals surface area contributed by atoms with E-state index in [4.69, 9.17) is 9.05 Å². The molecule has 0 heterocycles. The van der Waals surface area contributed by atoms with E-state index in [2.05, 4.69) is 43.5 Å². The number of hydrogen-bond acceptors (Lipinski definition) is 5. The van der Waals surface area contributed by atoms with Crippen LogP contribution >= 0.6 is 7.82 Å². The van der Waals surface area contributed by atoms with Crippen molar-refractivity contribution < 1.29 is 32.9 Å². The topological polar surface area (TPSA) is 105 Å². The number of hydrogen-bond donors (Lipinski definition) is 3. The lowest BCUT2D eigenvalue weighted by Gasteiger charge is -2.25. The number of amides is 1. The summed E-state index contributed by atoms with van der Waals surface area (Å²) >= 11 is 0. The molecule has 0 aliphatic heterocycles. The van der Waals surface area contributed by atoms with Gasteiger partial charge < -0.3 is 19.8 Å². The minimum absolute atomic E-state index is 0.0627. The van der Waals surface area contributed by atoms with E-state index in [0.717, 1.165) is 44.9 Å². The highest BCUT2D eigenvalue weighted by atomic mass is 31.2. The maximum absolute atomic E-state index is 13.0. The van der Waals surface area contributed by atoms with Gasteiger partial charge in [-0.15, -0.1) is 0 Å². The summed E-state index contributed by atoms with van der Waals surface area (Å²) in [6.45, 7) is 4.85. The van der Waals surface area contributed by atoms with Gasteiger partial charge in [-0.05, 0) is 51.4 Å². The molecule has 8 nitrogen and oxygen atoms in total. The van der Waals surface area contributed by atoms with Gasteiger partial charge in [-0.3, -0.25) is 13.8 Å². The number of carbonyl (C=O) groups is 1. The second-order valence-corrected chi connectivity index (χ2v) is 23.9. The van der Waals surface area contributed by atoms with Gasteiger partial charge in [0.05, 0.1) is 39.9 Å². The van der Waals surface area contributed by atoms with Crippen LogP contribution in [-0.2, 0) is 18.4 Å². The van der Waals surface area contributed by atoms with E-state index in [9.17, 15) is 19.4 Å². The lowest BCUT2D eigenvalue weighted by Crippen LogP contribution is -2.45. The first-order chi connectivity index (χ1) is 34.5. The van der Waals surface area contributed by atoms with Crippen LogP contribution in [0.4, 0.5) is 0 Å². The van der Waals surface area contributed by atoms with Crippen LogP contribution in [0, 0.1) is 0 Å². The molecule has 9 heteroatoms. The summed E-state index contributed by atoms with van der Waals surface area (Å²) in [5.41, 5.74) is 0. The summed E-state index contributed by atoms with van der Waals surface area (Å²) in [7, 11) is 1.58. The molecule has 0 saturated heterocycles. The monoisotopic (exact) mass is 1020 g/mol. The predicted molar refractivity (Wildman–Crippen MR) is 309 cm³/mol. The Morgan fingerprint density at radius 3 is 1.15 bits per heavy atom. The van der Waals surface area contributed by atoms with E-state index in [1.165, 1.54) is 238 Å². The average Bonchev–Trinajstić information content (AvgIpc) is 3.33. The van der Waals surface area contributed by atoms with Crippen molar-refractivity contribution in [1.29, 1.82) is 0 Å². The quantitative estimate of drug-likeness (QED) is 0.0243. The lowest BCUT2D eigenvalue weighted by atomic mass is 10.0. The molecular weight excluding hydrogens is 900 g/mol. The molecule has 0 aromatic rings. The van der Waals surface area contributed by atoms with Gasteiger partial charge in [0.1, 0.15) is 13.2 Å². The maximum atomic E-state index is 13.0. The Hall–Kier alpha value is -1.28. The van der Waals surface area contributed by atoms with Crippen LogP contribution in [0.15, 0.2) is 36.5 Å². The zero-order chi connectivity index (χ0) is 52.0. The molecule has 3 N–H and O–H groups in total. The van der Waals surface area contributed by atoms with Crippen LogP contribution in [0.2, 0.25) is 0 Å². The molecule has 3 unspecified atom stereocenters. The van der Waals surface area contributed by atoms with E-state index in [-0.39, 0.29) is 19.1 Å². The molecular formula is C62H122N2O6P+. The van der Waals surface area contributed by atoms with E-state index >= 15 is 0 Å². The molecule has 0 rings (SSSR count). The normalized spacial score (nSPS) is 14.1. The summed E-state index contributed by atoms with van der Waals surface area (Å²) in [4.78, 5) is 23.3. The Kier molecular flexibility index (Phi) is 52.6. The molecule has 1 amide bonds. The van der Waals surface area contributed by atoms with Crippen LogP contribution in [0.3, 0.4) is 0 Å². The third-order valence-corrected chi connectivity index (χ3v) is 15.1. The Morgan fingerprint density at radius 1 is 0.479 bits per heavy atom. The highest BCUT2D eigenvalue weighted by molar-refractivity contribution is 7.47. The minimum atomic E-state index is -4.35. The zero-order valence-corrected chi connectivity index (χ0v) is 48.9. The molecule has 0 spiro atoms. The molecule has 0 aromatic carbocycles. The number of carbonyl (C=O) groups excluding carboxylic acids is 1. The molecule has 420 valence electrons. The van der Waals surface area contributed by atoms with Gasteiger partial charge in [0.2, 0.25) is 5.91 Å². The average molecular weight is 1020 g/mol. The molecule has 71 heavy (non-hydrogen) atoms. The molecule has 0 bridgehead atoms. The third-order valence-electron chi connectivity index (χ3n) is 14.1. The third kappa shape index (κ3) is 56.3. The second-order valence-electron chi connectivity index (χ2n) is 22.4. The van der Waals surface area contributed by atoms with Crippen LogP contribution < -0.4 is 5.32 Å². The van der Waals surface area contributed by atoms with E-state index in [1.807, 2.05) is 27.2 Å². The lowest BCUT2D eigenvalue weighted by molar-refractivity contribution is -0.870. The summed E-state index contributed by atoms with van der Waals surface area (Å²) in [6, 6.07) is -0.846. The van der Waals surface area contributed by atoms with E-state index in [0.29, 0.717) is 17.4 Å². The Morgan fingerprint density at radius 2 is 0.803 bits per heavy atom. The van der Waals surface area contributed by atoms with E-state index in [1.54, 1.807) is 6.08 Å². The van der Waals surface area contributed by atoms with Crippen molar-refractivity contribution >= 4 is 13.7 Å². The van der Waals surface area contributed by atoms with Crippen molar-refractivity contribution in [2.45, 2.75) is 315 Å². The summed E-state index contributed by atoms with van der Waals surface area (Å²) in [5.74, 6) is -0.173. The van der Waals surface area contributed by atoms with Gasteiger partial charge in [-0.1, -0.05) is 281 Å². The van der Waals surface area contributed by atoms with Gasteiger partial charge in [0, 0.05) is 6.42 Å². The first kappa shape index (κ1) is 69.7. The number of aliphatic hydroxyl groups excluding tert-OH is 1. The number of nitrogens with zero attached hydrogens (tertiary/aromatic N) is 1. The largest absolute Gasteiger partial charge is 0.472 e. The first-order valence-electron chi connectivity index (χ1n) is 30.9. The minimum Gasteiger partial charge on any atom is -0.387 e. The molecule has 3 atom stereocenters. The van der Waals surface area contributed by atoms with Gasteiger partial charge >= 0.3 is 7.82 Å². The van der Waals surface area contributed by atoms with Gasteiger partial charge in [0.15, 0.2) is 0 Å². The fraction of sp³-hybridized carbons (Fsp3) is 0.887. The van der Waals surface area contributed by atoms with E-state index < -0.39 is 20.0 Å². The number of quaternary nitrogens is 1. The van der Waals surface area contributed by atoms with Crippen LogP contribution in [-0.4, -0.2) is 73.4 Å². The number of unbranched alkanes of at least 4 members (excludes halogenated alkanes) is 40. The molecule has 0 aliphatic rings. The van der Waals surface area contributed by atoms with Crippen molar-refractivity contribution in [2.24, 2.45) is 0 Å². The van der Waals surface area contributed by atoms with Crippen molar-refractivity contribution in [2.75, 3.05) is 40.9 Å². The molecule has 0 saturated carbocycles. The van der Waals surface area contributed by atoms with Crippen LogP contribution in [0.1, 0.15) is 303 Å². The highest BCUT2D eigenvalue weighted by Gasteiger charge is 2.27. The van der Waals surface area contributed by atoms with Gasteiger partial charge in [-0.25, -0.2) is 4.57 Å². The van der Waals surface area contributed by atoms with Crippen LogP contribution in [0.5, 0.6) is 0 Å². The number of likely N-dealkylation sites (N-methyl/N-ethyl adjacent to an activating group) is 1. The Bertz CT molecular complexity index is 1250. The SMILES string of the molecule is CCCCCCCCCCC/C=C\C/C=C\CCCCCCCCCCCCCCCCCC(=O)NC(COP(=O)(O)OCC[N+](C)(C)C)C(O)/C=C/CCCCCCCCCCCCCCCCCC. The second kappa shape index (κ2) is 53.5. The predicted octanol–water partition coefficient (Wildman–Crippen LogP) is 18.9. The van der Waals surface area contributed by atoms with Gasteiger partial charge in [-0.2, -0.15) is 0 Å². The fourth-order valence-electron chi connectivity index (χ4n) is 9.25. The number of nitrogens with one attached hydrogen (secondary N) is 1. The highest BCUT2D eigenvalue weighted by Crippen LogP contribution is 2.43. The molecule has 0 radical (unpaired) electrons. The maximum Gasteiger partial charge on any atom is 0.472 e. The fourth-order valence-corrected chi connectivity index (χ4v) is 9.99. The standard InChI is InChI=1S/C62H121N2O6P/c1-6-8-10-12-14-16-18-20-22-24-26-27-28-29-30-31-32-33-34-35-36-37-38-40-42-44-46-48-50-52-54-56-62(66)63-60(59-70-71(67,68)69-58-57-64(3,4)5)61(65)55-53-51-49-47-45-43-41-39-25-23-21-19-17-15-13-11-9-7-2/h26-27,29-30,53,55,60-61,65H,6-25,28,31-52,54,56-59H2,1-5H3,(H-,63,66,67,68)/p+1/b27-26-,30-29-,55-53+. The number of phosphoric ester groups is 1. The number of rotatable bonds is 57. The van der Waals surface area contributed by atoms with Crippen LogP contribution in [0.25, 0.3) is 0 Å². The van der Waals surface area contributed by atoms with Crippen molar-refractivity contribution in [3.8, 4) is 0 Å². The zero-order valence-electron chi connectivity index (χ0n) is 48.0. The van der Waals surface area contributed by atoms with Crippen molar-refractivity contribution in [3.05, 3.63) is 36.5 Å². The molecule has 0 fully saturated rings. The summed E-state index contributed by atoms with van der Waals surface area (Å²) in [6.07, 6.45) is 69.7. The summed E-state index contributed by atoms with van der Waals surface area (Å²) < 4.78 is 23.7. The van der Waals surface area contributed by atoms with Crippen molar-refractivity contribution in [3.63, 3.8) is 0 Å². The van der Waals surface area contributed by atoms with Gasteiger partial charge in [0.25, 0.3) is 0 Å². The Labute approximate surface area is 442 Å². The summed E-state index contributed by atoms with van der Waals surface area (Å²) in [5, 5.41) is 14.0. The number of allylic oxidation sites excluding steroid dienone is 5. The Balaban J connectivity index is 4.09. The molecule has 0 aromatic heterocycles. The molecule has 0 aliphatic carbocycles. The van der Waals surface area contributed by atoms with Crippen molar-refractivity contribution in [1.82, 2.24) is 5.32 Å². The number of phosphoric acid groups is 1. The smallest absolute Gasteiger partial charge is 0.387 e. The first-order valence-corrected chi connectivity index (χ1v) is 32.4.